The Balaban J connectivity index is 1.73. The molecule has 2 aromatic carbocycles. The van der Waals surface area contributed by atoms with Crippen molar-refractivity contribution < 1.29 is 24.3 Å². The summed E-state index contributed by atoms with van der Waals surface area (Å²) in [6.07, 6.45) is 10.4. The van der Waals surface area contributed by atoms with Crippen molar-refractivity contribution in [3.63, 3.8) is 0 Å². The van der Waals surface area contributed by atoms with Crippen molar-refractivity contribution >= 4 is 17.6 Å². The third-order valence-electron chi connectivity index (χ3n) is 5.18. The molecule has 3 rings (SSSR count). The van der Waals surface area contributed by atoms with Gasteiger partial charge >= 0.3 is 5.97 Å². The number of esters is 1. The Hall–Kier alpha value is -3.87. The first-order valence-corrected chi connectivity index (χ1v) is 11.3. The molecule has 0 unspecified atom stereocenters. The van der Waals surface area contributed by atoms with Crippen LogP contribution in [0.25, 0.3) is 0 Å². The molecule has 2 aromatic rings. The van der Waals surface area contributed by atoms with Gasteiger partial charge in [-0.3, -0.25) is 4.79 Å². The number of ether oxygens (including phenoxy) is 1. The highest BCUT2D eigenvalue weighted by Gasteiger charge is 2.18. The van der Waals surface area contributed by atoms with E-state index in [0.29, 0.717) is 35.4 Å². The maximum Gasteiger partial charge on any atom is 0.338 e. The van der Waals surface area contributed by atoms with E-state index >= 15 is 0 Å². The molecule has 0 spiro atoms. The minimum absolute atomic E-state index is 0.0534. The van der Waals surface area contributed by atoms with E-state index in [1.807, 2.05) is 54.6 Å². The number of oxime groups is 1. The fourth-order valence-electron chi connectivity index (χ4n) is 3.55. The van der Waals surface area contributed by atoms with Gasteiger partial charge in [0.25, 0.3) is 5.91 Å². The number of fused-ring (bicyclic) bond motifs is 1. The van der Waals surface area contributed by atoms with Gasteiger partial charge in [-0.1, -0.05) is 53.7 Å². The van der Waals surface area contributed by atoms with Crippen molar-refractivity contribution in [1.29, 1.82) is 0 Å². The number of aromatic hydroxyl groups is 1. The van der Waals surface area contributed by atoms with Crippen LogP contribution in [0.5, 0.6) is 5.75 Å². The second kappa shape index (κ2) is 13.0. The number of nitrogens with one attached hydrogen (secondary N) is 1. The number of hydrogen-bond donors (Lipinski definition) is 2. The summed E-state index contributed by atoms with van der Waals surface area (Å²) in [5.41, 5.74) is 3.11. The van der Waals surface area contributed by atoms with Crippen LogP contribution < -0.4 is 5.32 Å². The molecule has 0 atom stereocenters. The minimum Gasteiger partial charge on any atom is -0.508 e. The number of rotatable bonds is 5. The van der Waals surface area contributed by atoms with Crippen molar-refractivity contribution in [1.82, 2.24) is 5.32 Å². The molecule has 34 heavy (non-hydrogen) atoms. The third-order valence-corrected chi connectivity index (χ3v) is 5.18. The highest BCUT2D eigenvalue weighted by Crippen LogP contribution is 2.24. The molecule has 0 aliphatic carbocycles. The lowest BCUT2D eigenvalue weighted by molar-refractivity contribution is -0.125. The van der Waals surface area contributed by atoms with E-state index in [0.717, 1.165) is 18.4 Å². The van der Waals surface area contributed by atoms with E-state index in [4.69, 9.17) is 9.57 Å². The van der Waals surface area contributed by atoms with E-state index in [9.17, 15) is 14.7 Å². The first kappa shape index (κ1) is 24.8. The van der Waals surface area contributed by atoms with Crippen LogP contribution in [-0.4, -0.2) is 35.9 Å². The summed E-state index contributed by atoms with van der Waals surface area (Å²) in [6.45, 7) is 2.21. The van der Waals surface area contributed by atoms with Gasteiger partial charge in [-0.15, -0.1) is 0 Å². The lowest BCUT2D eigenvalue weighted by Gasteiger charge is -2.13. The highest BCUT2D eigenvalue weighted by atomic mass is 16.6. The molecular formula is C27H30N2O5. The van der Waals surface area contributed by atoms with E-state index < -0.39 is 5.97 Å². The van der Waals surface area contributed by atoms with E-state index in [-0.39, 0.29) is 31.3 Å². The van der Waals surface area contributed by atoms with Crippen LogP contribution in [0.3, 0.4) is 0 Å². The van der Waals surface area contributed by atoms with Crippen molar-refractivity contribution in [2.45, 2.75) is 39.2 Å². The largest absolute Gasteiger partial charge is 0.508 e. The number of allylic oxidation sites excluding steroid dienone is 3. The molecule has 2 N–H and O–H groups in total. The highest BCUT2D eigenvalue weighted by molar-refractivity contribution is 6.00. The van der Waals surface area contributed by atoms with Gasteiger partial charge in [-0.25, -0.2) is 4.79 Å². The zero-order chi connectivity index (χ0) is 24.2. The molecule has 1 aliphatic heterocycles. The fraction of sp³-hybridized carbons (Fsp3) is 0.296. The normalized spacial score (nSPS) is 17.7. The number of nitrogens with zero attached hydrogens (tertiary/aromatic N) is 1. The minimum atomic E-state index is -0.442. The lowest BCUT2D eigenvalue weighted by Crippen LogP contribution is -2.26. The molecule has 0 saturated carbocycles. The molecule has 0 bridgehead atoms. The summed E-state index contributed by atoms with van der Waals surface area (Å²) in [7, 11) is 0. The number of benzene rings is 2. The van der Waals surface area contributed by atoms with Gasteiger partial charge in [0.2, 0.25) is 0 Å². The van der Waals surface area contributed by atoms with Gasteiger partial charge in [-0.2, -0.15) is 0 Å². The Morgan fingerprint density at radius 2 is 1.88 bits per heavy atom. The average molecular weight is 463 g/mol. The van der Waals surface area contributed by atoms with Crippen LogP contribution in [0.15, 0.2) is 71.9 Å². The molecule has 0 radical (unpaired) electrons. The Morgan fingerprint density at radius 3 is 2.71 bits per heavy atom. The number of amides is 1. The number of carbonyl (C=O) groups excluding carboxylic acids is 2. The summed E-state index contributed by atoms with van der Waals surface area (Å²) in [5.74, 6) is -0.680. The molecule has 0 aromatic heterocycles. The molecular weight excluding hydrogens is 432 g/mol. The van der Waals surface area contributed by atoms with Crippen LogP contribution in [-0.2, 0) is 27.3 Å². The molecule has 7 nitrogen and oxygen atoms in total. The summed E-state index contributed by atoms with van der Waals surface area (Å²) >= 11 is 0. The quantitative estimate of drug-likeness (QED) is 0.390. The summed E-state index contributed by atoms with van der Waals surface area (Å²) in [5, 5.41) is 17.0. The molecule has 1 amide bonds. The molecule has 178 valence electrons. The molecule has 1 heterocycles. The van der Waals surface area contributed by atoms with Gasteiger partial charge < -0.3 is 20.0 Å². The molecule has 7 heteroatoms. The predicted molar refractivity (Wildman–Crippen MR) is 131 cm³/mol. The van der Waals surface area contributed by atoms with Gasteiger partial charge in [0.15, 0.2) is 6.61 Å². The topological polar surface area (TPSA) is 97.2 Å². The average Bonchev–Trinajstić information content (AvgIpc) is 2.81. The Labute approximate surface area is 199 Å². The number of aryl methyl sites for hydroxylation is 1. The van der Waals surface area contributed by atoms with Gasteiger partial charge in [0.05, 0.1) is 17.9 Å². The molecule has 1 aliphatic rings. The smallest absolute Gasteiger partial charge is 0.338 e. The summed E-state index contributed by atoms with van der Waals surface area (Å²) in [6, 6.07) is 12.7. The first-order valence-electron chi connectivity index (χ1n) is 11.3. The second-order valence-corrected chi connectivity index (χ2v) is 7.97. The summed E-state index contributed by atoms with van der Waals surface area (Å²) < 4.78 is 5.43. The second-order valence-electron chi connectivity index (χ2n) is 7.97. The molecule has 0 fully saturated rings. The number of cyclic esters (lactones) is 1. The third kappa shape index (κ3) is 7.92. The SMILES string of the molecule is Cc1cc(O)cc2c1C(=O)OCC/C=C/CC/C=C/C(=N/OCC(=O)NCc1ccccc1)C2. The van der Waals surface area contributed by atoms with Crippen molar-refractivity contribution in [2.24, 2.45) is 5.16 Å². The first-order chi connectivity index (χ1) is 16.5. The van der Waals surface area contributed by atoms with Crippen molar-refractivity contribution in [3.8, 4) is 5.75 Å². The predicted octanol–water partition coefficient (Wildman–Crippen LogP) is 4.39. The van der Waals surface area contributed by atoms with E-state index in [1.165, 1.54) is 12.1 Å². The van der Waals surface area contributed by atoms with E-state index in [1.54, 1.807) is 6.92 Å². The van der Waals surface area contributed by atoms with Crippen molar-refractivity contribution in [3.05, 3.63) is 89.0 Å². The van der Waals surface area contributed by atoms with Crippen LogP contribution >= 0.6 is 0 Å². The lowest BCUT2D eigenvalue weighted by atomic mass is 9.96. The number of phenolic OH excluding ortho intramolecular Hbond substituents is 1. The Kier molecular flexibility index (Phi) is 9.46. The zero-order valence-corrected chi connectivity index (χ0v) is 19.3. The monoisotopic (exact) mass is 462 g/mol. The van der Waals surface area contributed by atoms with E-state index in [2.05, 4.69) is 10.5 Å². The van der Waals surface area contributed by atoms with Crippen LogP contribution in [0.1, 0.15) is 46.3 Å². The Morgan fingerprint density at radius 1 is 1.12 bits per heavy atom. The number of carbonyl (C=O) groups is 2. The van der Waals surface area contributed by atoms with Gasteiger partial charge in [0.1, 0.15) is 5.75 Å². The maximum absolute atomic E-state index is 12.7. The molecule has 0 saturated heterocycles. The standard InChI is InChI=1S/C27H30N2O5/c1-20-15-24(30)17-22-16-23(13-9-4-2-3-5-10-14-33-27(32)26(20)22)29-34-19-25(31)28-18-21-11-7-6-8-12-21/h3,5-9,11-13,15,17,30H,2,4,10,14,16,18-19H2,1H3,(H,28,31)/b5-3+,13-9+,29-23-. The number of phenols is 1. The van der Waals surface area contributed by atoms with Gasteiger partial charge in [-0.05, 0) is 61.1 Å². The zero-order valence-electron chi connectivity index (χ0n) is 19.3. The number of hydrogen-bond acceptors (Lipinski definition) is 6. The van der Waals surface area contributed by atoms with Crippen molar-refractivity contribution in [2.75, 3.05) is 13.2 Å². The maximum atomic E-state index is 12.7. The fourth-order valence-corrected chi connectivity index (χ4v) is 3.55. The van der Waals surface area contributed by atoms with Crippen LogP contribution in [0.2, 0.25) is 0 Å². The van der Waals surface area contributed by atoms with Crippen LogP contribution in [0, 0.1) is 6.92 Å². The van der Waals surface area contributed by atoms with Crippen LogP contribution in [0.4, 0.5) is 0 Å². The van der Waals surface area contributed by atoms with Gasteiger partial charge in [0, 0.05) is 13.0 Å². The summed E-state index contributed by atoms with van der Waals surface area (Å²) in [4.78, 5) is 30.2. The Bertz CT molecular complexity index is 1070.